The summed E-state index contributed by atoms with van der Waals surface area (Å²) in [6.45, 7) is 3.36. The second-order valence-corrected chi connectivity index (χ2v) is 5.41. The molecule has 0 aliphatic heterocycles. The van der Waals surface area contributed by atoms with Gasteiger partial charge in [-0.05, 0) is 44.2 Å². The highest BCUT2D eigenvalue weighted by Crippen LogP contribution is 2.12. The van der Waals surface area contributed by atoms with Crippen LogP contribution in [0.15, 0.2) is 42.7 Å². The third-order valence-corrected chi connectivity index (χ3v) is 2.94. The second kappa shape index (κ2) is 5.78. The molecule has 21 heavy (non-hydrogen) atoms. The van der Waals surface area contributed by atoms with Gasteiger partial charge in [0.15, 0.2) is 0 Å². The number of rotatable bonds is 5. The molecule has 1 amide bonds. The summed E-state index contributed by atoms with van der Waals surface area (Å²) in [6, 6.07) is 8.75. The molecule has 2 aromatic rings. The lowest BCUT2D eigenvalue weighted by atomic mass is 10.00. The van der Waals surface area contributed by atoms with Crippen molar-refractivity contribution >= 4 is 11.9 Å². The van der Waals surface area contributed by atoms with Crippen molar-refractivity contribution in [1.29, 1.82) is 0 Å². The number of hydrogen-bond donors (Lipinski definition) is 2. The minimum absolute atomic E-state index is 0.135. The van der Waals surface area contributed by atoms with Gasteiger partial charge in [0, 0.05) is 23.5 Å². The average molecular weight is 287 g/mol. The Labute approximate surface area is 122 Å². The Morgan fingerprint density at radius 3 is 2.48 bits per heavy atom. The van der Waals surface area contributed by atoms with Crippen molar-refractivity contribution in [3.63, 3.8) is 0 Å². The molecule has 0 atom stereocenters. The molecule has 0 fully saturated rings. The van der Waals surface area contributed by atoms with E-state index in [-0.39, 0.29) is 12.3 Å². The molecule has 0 radical (unpaired) electrons. The predicted octanol–water partition coefficient (Wildman–Crippen LogP) is 1.86. The molecule has 6 heteroatoms. The quantitative estimate of drug-likeness (QED) is 0.879. The van der Waals surface area contributed by atoms with Crippen molar-refractivity contribution < 1.29 is 14.7 Å². The second-order valence-electron chi connectivity index (χ2n) is 5.41. The highest BCUT2D eigenvalue weighted by molar-refractivity contribution is 5.95. The molecule has 2 rings (SSSR count). The van der Waals surface area contributed by atoms with Gasteiger partial charge >= 0.3 is 5.97 Å². The zero-order valence-electron chi connectivity index (χ0n) is 11.9. The zero-order chi connectivity index (χ0) is 15.5. The maximum atomic E-state index is 12.1. The number of aliphatic carboxylic acids is 1. The third kappa shape index (κ3) is 3.92. The molecule has 0 aliphatic rings. The smallest absolute Gasteiger partial charge is 0.305 e. The molecule has 0 unspecified atom stereocenters. The van der Waals surface area contributed by atoms with Crippen molar-refractivity contribution in [2.45, 2.75) is 25.8 Å². The molecule has 0 saturated carbocycles. The third-order valence-electron chi connectivity index (χ3n) is 2.94. The summed E-state index contributed by atoms with van der Waals surface area (Å²) in [6.07, 6.45) is 3.35. The first-order chi connectivity index (χ1) is 9.87. The van der Waals surface area contributed by atoms with Gasteiger partial charge in [-0.1, -0.05) is 0 Å². The number of benzene rings is 1. The maximum absolute atomic E-state index is 12.1. The number of hydrogen-bond acceptors (Lipinski definition) is 3. The van der Waals surface area contributed by atoms with Gasteiger partial charge in [-0.3, -0.25) is 9.59 Å². The molecule has 0 aliphatic carbocycles. The monoisotopic (exact) mass is 287 g/mol. The van der Waals surface area contributed by atoms with Gasteiger partial charge in [0.1, 0.15) is 0 Å². The molecular weight excluding hydrogens is 270 g/mol. The molecule has 1 heterocycles. The highest BCUT2D eigenvalue weighted by atomic mass is 16.4. The summed E-state index contributed by atoms with van der Waals surface area (Å²) < 4.78 is 1.69. The number of carboxylic acids is 1. The zero-order valence-corrected chi connectivity index (χ0v) is 11.9. The number of carbonyl (C=O) groups excluding carboxylic acids is 1. The first-order valence-electron chi connectivity index (χ1n) is 6.52. The lowest BCUT2D eigenvalue weighted by Crippen LogP contribution is -2.44. The van der Waals surface area contributed by atoms with Crippen LogP contribution < -0.4 is 5.32 Å². The van der Waals surface area contributed by atoms with E-state index in [0.29, 0.717) is 5.56 Å². The van der Waals surface area contributed by atoms with E-state index < -0.39 is 11.5 Å². The van der Waals surface area contributed by atoms with Gasteiger partial charge in [0.2, 0.25) is 0 Å². The van der Waals surface area contributed by atoms with Gasteiger partial charge in [0.05, 0.1) is 12.1 Å². The number of amides is 1. The molecule has 1 aromatic carbocycles. The van der Waals surface area contributed by atoms with Crippen LogP contribution in [0.5, 0.6) is 0 Å². The van der Waals surface area contributed by atoms with E-state index in [1.807, 2.05) is 12.3 Å². The lowest BCUT2D eigenvalue weighted by Gasteiger charge is -2.24. The van der Waals surface area contributed by atoms with Gasteiger partial charge in [-0.15, -0.1) is 0 Å². The van der Waals surface area contributed by atoms with Crippen LogP contribution >= 0.6 is 0 Å². The summed E-state index contributed by atoms with van der Waals surface area (Å²) in [7, 11) is 0. The van der Waals surface area contributed by atoms with E-state index in [1.165, 1.54) is 0 Å². The maximum Gasteiger partial charge on any atom is 0.305 e. The first kappa shape index (κ1) is 14.8. The van der Waals surface area contributed by atoms with Crippen LogP contribution in [-0.2, 0) is 4.79 Å². The van der Waals surface area contributed by atoms with Crippen molar-refractivity contribution in [2.75, 3.05) is 0 Å². The van der Waals surface area contributed by atoms with Crippen molar-refractivity contribution in [2.24, 2.45) is 0 Å². The highest BCUT2D eigenvalue weighted by Gasteiger charge is 2.24. The molecule has 0 saturated heterocycles. The van der Waals surface area contributed by atoms with Crippen LogP contribution in [0.4, 0.5) is 0 Å². The van der Waals surface area contributed by atoms with Crippen molar-refractivity contribution in [3.8, 4) is 5.69 Å². The van der Waals surface area contributed by atoms with Crippen LogP contribution in [0, 0.1) is 0 Å². The Balaban J connectivity index is 2.08. The van der Waals surface area contributed by atoms with E-state index in [2.05, 4.69) is 10.4 Å². The lowest BCUT2D eigenvalue weighted by molar-refractivity contribution is -0.138. The molecular formula is C15H17N3O3. The minimum Gasteiger partial charge on any atom is -0.481 e. The van der Waals surface area contributed by atoms with Gasteiger partial charge in [-0.25, -0.2) is 4.68 Å². The Kier molecular flexibility index (Phi) is 4.07. The van der Waals surface area contributed by atoms with Crippen LogP contribution in [0.1, 0.15) is 30.6 Å². The Hall–Kier alpha value is -2.63. The van der Waals surface area contributed by atoms with Gasteiger partial charge < -0.3 is 10.4 Å². The fraction of sp³-hybridized carbons (Fsp3) is 0.267. The number of carboxylic acid groups (broad SMARTS) is 1. The minimum atomic E-state index is -0.950. The van der Waals surface area contributed by atoms with Gasteiger partial charge in [-0.2, -0.15) is 5.10 Å². The fourth-order valence-corrected chi connectivity index (χ4v) is 1.99. The van der Waals surface area contributed by atoms with Crippen LogP contribution in [-0.4, -0.2) is 32.3 Å². The fourth-order valence-electron chi connectivity index (χ4n) is 1.99. The van der Waals surface area contributed by atoms with E-state index in [0.717, 1.165) is 5.69 Å². The molecule has 1 aromatic heterocycles. The van der Waals surface area contributed by atoms with Crippen LogP contribution in [0.25, 0.3) is 5.69 Å². The summed E-state index contributed by atoms with van der Waals surface area (Å²) in [5.41, 5.74) is 0.523. The van der Waals surface area contributed by atoms with Crippen molar-refractivity contribution in [1.82, 2.24) is 15.1 Å². The number of nitrogens with one attached hydrogen (secondary N) is 1. The normalized spacial score (nSPS) is 11.1. The molecule has 6 nitrogen and oxygen atoms in total. The van der Waals surface area contributed by atoms with E-state index >= 15 is 0 Å². The first-order valence-corrected chi connectivity index (χ1v) is 6.52. The molecule has 2 N–H and O–H groups in total. The summed E-state index contributed by atoms with van der Waals surface area (Å²) in [4.78, 5) is 22.9. The van der Waals surface area contributed by atoms with Crippen LogP contribution in [0.2, 0.25) is 0 Å². The standard InChI is InChI=1S/C15H17N3O3/c1-15(2,10-13(19)20)17-14(21)11-4-6-12(7-5-11)18-9-3-8-16-18/h3-9H,10H2,1-2H3,(H,17,21)(H,19,20). The molecule has 0 spiro atoms. The van der Waals surface area contributed by atoms with E-state index in [9.17, 15) is 9.59 Å². The van der Waals surface area contributed by atoms with E-state index in [4.69, 9.17) is 5.11 Å². The van der Waals surface area contributed by atoms with E-state index in [1.54, 1.807) is 49.0 Å². The largest absolute Gasteiger partial charge is 0.481 e. The topological polar surface area (TPSA) is 84.2 Å². The molecule has 110 valence electrons. The number of carbonyl (C=O) groups is 2. The summed E-state index contributed by atoms with van der Waals surface area (Å²) in [5.74, 6) is -1.25. The number of aromatic nitrogens is 2. The summed E-state index contributed by atoms with van der Waals surface area (Å²) in [5, 5.41) is 15.6. The SMILES string of the molecule is CC(C)(CC(=O)O)NC(=O)c1ccc(-n2cccn2)cc1. The van der Waals surface area contributed by atoms with Gasteiger partial charge in [0.25, 0.3) is 5.91 Å². The Bertz CT molecular complexity index is 631. The average Bonchev–Trinajstić information content (AvgIpc) is 2.90. The predicted molar refractivity (Wildman–Crippen MR) is 77.4 cm³/mol. The number of nitrogens with zero attached hydrogens (tertiary/aromatic N) is 2. The summed E-state index contributed by atoms with van der Waals surface area (Å²) >= 11 is 0. The Morgan fingerprint density at radius 2 is 1.95 bits per heavy atom. The van der Waals surface area contributed by atoms with Crippen LogP contribution in [0.3, 0.4) is 0 Å². The Morgan fingerprint density at radius 1 is 1.29 bits per heavy atom. The van der Waals surface area contributed by atoms with Crippen molar-refractivity contribution in [3.05, 3.63) is 48.3 Å². The molecule has 0 bridgehead atoms.